The highest BCUT2D eigenvalue weighted by Gasteiger charge is 2.69. The van der Waals surface area contributed by atoms with Crippen LogP contribution >= 0.6 is 0 Å². The molecule has 3 aliphatic rings. The lowest BCUT2D eigenvalue weighted by atomic mass is 9.63. The van der Waals surface area contributed by atoms with Gasteiger partial charge in [0.25, 0.3) is 0 Å². The van der Waals surface area contributed by atoms with Crippen molar-refractivity contribution in [1.29, 1.82) is 0 Å². The van der Waals surface area contributed by atoms with Gasteiger partial charge < -0.3 is 4.74 Å². The SMILES string of the molecule is CC1CCC2C(C)(C)C3CC12CCC3(C)OC(=O)C(C)(C)C(C)(C)C. The Bertz CT molecular complexity index is 567. The van der Waals surface area contributed by atoms with E-state index >= 15 is 0 Å². The van der Waals surface area contributed by atoms with Crippen molar-refractivity contribution in [1.82, 2.24) is 0 Å². The summed E-state index contributed by atoms with van der Waals surface area (Å²) in [6, 6.07) is 0. The second kappa shape index (κ2) is 5.26. The second-order valence-corrected chi connectivity index (χ2v) is 11.9. The van der Waals surface area contributed by atoms with E-state index < -0.39 is 5.41 Å². The van der Waals surface area contributed by atoms with Gasteiger partial charge in [0.05, 0.1) is 5.41 Å². The molecule has 0 aromatic carbocycles. The van der Waals surface area contributed by atoms with Crippen LogP contribution in [-0.2, 0) is 9.53 Å². The third kappa shape index (κ3) is 2.45. The molecule has 3 saturated carbocycles. The van der Waals surface area contributed by atoms with E-state index in [1.165, 1.54) is 25.7 Å². The van der Waals surface area contributed by atoms with Gasteiger partial charge in [-0.05, 0) is 81.0 Å². The first-order valence-corrected chi connectivity index (χ1v) is 10.4. The molecule has 3 fully saturated rings. The highest BCUT2D eigenvalue weighted by Crippen LogP contribution is 2.73. The van der Waals surface area contributed by atoms with Crippen molar-refractivity contribution in [3.63, 3.8) is 0 Å². The maximum absolute atomic E-state index is 13.2. The maximum Gasteiger partial charge on any atom is 0.312 e. The Morgan fingerprint density at radius 2 is 1.56 bits per heavy atom. The fourth-order valence-electron chi connectivity index (χ4n) is 6.63. The first kappa shape index (κ1) is 19.2. The molecule has 0 radical (unpaired) electrons. The van der Waals surface area contributed by atoms with Gasteiger partial charge in [0.2, 0.25) is 0 Å². The Labute approximate surface area is 155 Å². The number of carbonyl (C=O) groups excluding carboxylic acids is 1. The fraction of sp³-hybridized carbons (Fsp3) is 0.957. The zero-order chi connectivity index (χ0) is 19.1. The monoisotopic (exact) mass is 348 g/mol. The van der Waals surface area contributed by atoms with Gasteiger partial charge in [-0.25, -0.2) is 0 Å². The third-order valence-corrected chi connectivity index (χ3v) is 9.48. The van der Waals surface area contributed by atoms with Crippen LogP contribution in [0.25, 0.3) is 0 Å². The topological polar surface area (TPSA) is 26.3 Å². The van der Waals surface area contributed by atoms with Crippen LogP contribution in [0.4, 0.5) is 0 Å². The molecule has 2 nitrogen and oxygen atoms in total. The van der Waals surface area contributed by atoms with E-state index in [4.69, 9.17) is 4.74 Å². The van der Waals surface area contributed by atoms with Gasteiger partial charge in [-0.2, -0.15) is 0 Å². The van der Waals surface area contributed by atoms with Crippen molar-refractivity contribution >= 4 is 5.97 Å². The predicted octanol–water partition coefficient (Wildman–Crippen LogP) is 6.23. The van der Waals surface area contributed by atoms with Gasteiger partial charge in [-0.3, -0.25) is 4.79 Å². The standard InChI is InChI=1S/C23H40O2/c1-15-10-11-16-20(5,6)17-14-23(15,16)13-12-22(17,9)25-18(24)21(7,8)19(2,3)4/h15-17H,10-14H2,1-9H3. The van der Waals surface area contributed by atoms with Crippen molar-refractivity contribution in [3.8, 4) is 0 Å². The van der Waals surface area contributed by atoms with E-state index in [2.05, 4.69) is 48.5 Å². The van der Waals surface area contributed by atoms with Gasteiger partial charge in [-0.15, -0.1) is 0 Å². The summed E-state index contributed by atoms with van der Waals surface area (Å²) in [6.07, 6.45) is 6.27. The minimum Gasteiger partial charge on any atom is -0.459 e. The van der Waals surface area contributed by atoms with Crippen LogP contribution < -0.4 is 0 Å². The van der Waals surface area contributed by atoms with Crippen molar-refractivity contribution in [3.05, 3.63) is 0 Å². The summed E-state index contributed by atoms with van der Waals surface area (Å²) in [5.74, 6) is 2.10. The first-order valence-electron chi connectivity index (χ1n) is 10.4. The van der Waals surface area contributed by atoms with Crippen molar-refractivity contribution in [2.24, 2.45) is 39.4 Å². The molecule has 2 bridgehead atoms. The summed E-state index contributed by atoms with van der Waals surface area (Å²) < 4.78 is 6.39. The summed E-state index contributed by atoms with van der Waals surface area (Å²) in [5.41, 5.74) is -0.107. The van der Waals surface area contributed by atoms with Gasteiger partial charge >= 0.3 is 5.97 Å². The molecule has 0 aromatic rings. The Hall–Kier alpha value is -0.530. The molecule has 0 heterocycles. The molecule has 0 N–H and O–H groups in total. The molecule has 144 valence electrons. The Kier molecular flexibility index (Phi) is 4.05. The van der Waals surface area contributed by atoms with E-state index in [9.17, 15) is 4.79 Å². The van der Waals surface area contributed by atoms with Gasteiger partial charge in [0, 0.05) is 5.92 Å². The molecule has 0 amide bonds. The number of ether oxygens (including phenoxy) is 1. The number of hydrogen-bond acceptors (Lipinski definition) is 2. The third-order valence-electron chi connectivity index (χ3n) is 9.48. The van der Waals surface area contributed by atoms with Crippen molar-refractivity contribution < 1.29 is 9.53 Å². The zero-order valence-electron chi connectivity index (χ0n) is 18.1. The lowest BCUT2D eigenvalue weighted by Gasteiger charge is -2.48. The maximum atomic E-state index is 13.2. The lowest BCUT2D eigenvalue weighted by molar-refractivity contribution is -0.189. The molecule has 2 heteroatoms. The number of carbonyl (C=O) groups is 1. The molecule has 25 heavy (non-hydrogen) atoms. The summed E-state index contributed by atoms with van der Waals surface area (Å²) in [4.78, 5) is 13.2. The largest absolute Gasteiger partial charge is 0.459 e. The molecular formula is C23H40O2. The summed E-state index contributed by atoms with van der Waals surface area (Å²) in [7, 11) is 0. The summed E-state index contributed by atoms with van der Waals surface area (Å²) in [6.45, 7) is 20.1. The molecular weight excluding hydrogens is 308 g/mol. The van der Waals surface area contributed by atoms with Crippen LogP contribution in [0.5, 0.6) is 0 Å². The van der Waals surface area contributed by atoms with Crippen LogP contribution in [0.2, 0.25) is 0 Å². The van der Waals surface area contributed by atoms with E-state index in [0.717, 1.165) is 18.3 Å². The van der Waals surface area contributed by atoms with E-state index in [-0.39, 0.29) is 22.4 Å². The molecule has 5 atom stereocenters. The minimum atomic E-state index is -0.475. The number of esters is 1. The van der Waals surface area contributed by atoms with E-state index in [1.54, 1.807) is 0 Å². The van der Waals surface area contributed by atoms with Crippen molar-refractivity contribution in [2.75, 3.05) is 0 Å². The molecule has 3 rings (SSSR count). The molecule has 3 aliphatic carbocycles. The average Bonchev–Trinajstić information content (AvgIpc) is 2.88. The Balaban J connectivity index is 1.89. The van der Waals surface area contributed by atoms with Gasteiger partial charge in [-0.1, -0.05) is 41.5 Å². The molecule has 5 unspecified atom stereocenters. The molecule has 0 aromatic heterocycles. The van der Waals surface area contributed by atoms with Crippen LogP contribution in [-0.4, -0.2) is 11.6 Å². The minimum absolute atomic E-state index is 0.0145. The normalized spacial score (nSPS) is 43.0. The van der Waals surface area contributed by atoms with Crippen LogP contribution in [0.15, 0.2) is 0 Å². The smallest absolute Gasteiger partial charge is 0.312 e. The Morgan fingerprint density at radius 1 is 0.960 bits per heavy atom. The predicted molar refractivity (Wildman–Crippen MR) is 103 cm³/mol. The van der Waals surface area contributed by atoms with Gasteiger partial charge in [0.1, 0.15) is 5.60 Å². The highest BCUT2D eigenvalue weighted by atomic mass is 16.6. The quantitative estimate of drug-likeness (QED) is 0.553. The fourth-order valence-corrected chi connectivity index (χ4v) is 6.63. The summed E-state index contributed by atoms with van der Waals surface area (Å²) in [5, 5.41) is 0. The molecule has 0 aliphatic heterocycles. The second-order valence-electron chi connectivity index (χ2n) is 11.9. The van der Waals surface area contributed by atoms with Crippen LogP contribution in [0, 0.1) is 39.4 Å². The van der Waals surface area contributed by atoms with E-state index in [1.807, 2.05) is 13.8 Å². The zero-order valence-corrected chi connectivity index (χ0v) is 18.1. The molecule has 1 spiro atoms. The lowest BCUT2D eigenvalue weighted by Crippen LogP contribution is -2.51. The average molecular weight is 349 g/mol. The number of fused-ring (bicyclic) bond motifs is 1. The van der Waals surface area contributed by atoms with E-state index in [0.29, 0.717) is 11.3 Å². The molecule has 0 saturated heterocycles. The summed E-state index contributed by atoms with van der Waals surface area (Å²) >= 11 is 0. The van der Waals surface area contributed by atoms with Crippen LogP contribution in [0.3, 0.4) is 0 Å². The van der Waals surface area contributed by atoms with Crippen LogP contribution in [0.1, 0.15) is 94.4 Å². The van der Waals surface area contributed by atoms with Gasteiger partial charge in [0.15, 0.2) is 0 Å². The number of hydrogen-bond donors (Lipinski definition) is 0. The first-order chi connectivity index (χ1) is 11.2. The highest BCUT2D eigenvalue weighted by molar-refractivity contribution is 5.77. The Morgan fingerprint density at radius 3 is 2.12 bits per heavy atom. The number of rotatable bonds is 2. The van der Waals surface area contributed by atoms with Crippen molar-refractivity contribution in [2.45, 2.75) is 100 Å².